The van der Waals surface area contributed by atoms with E-state index in [-0.39, 0.29) is 4.75 Å². The van der Waals surface area contributed by atoms with Crippen molar-refractivity contribution in [3.8, 4) is 5.69 Å². The van der Waals surface area contributed by atoms with Crippen LogP contribution in [-0.4, -0.2) is 32.6 Å². The van der Waals surface area contributed by atoms with E-state index in [2.05, 4.69) is 86.0 Å². The molecule has 0 aliphatic carbocycles. The molecule has 170 valence electrons. The molecule has 2 N–H and O–H groups in total. The Morgan fingerprint density at radius 2 is 1.71 bits per heavy atom. The first-order chi connectivity index (χ1) is 14.7. The van der Waals surface area contributed by atoms with Gasteiger partial charge in [0.25, 0.3) is 6.47 Å². The zero-order valence-electron chi connectivity index (χ0n) is 20.0. The summed E-state index contributed by atoms with van der Waals surface area (Å²) in [5.41, 5.74) is 8.53. The molecule has 0 saturated heterocycles. The highest BCUT2D eigenvalue weighted by atomic mass is 32.2. The van der Waals surface area contributed by atoms with Crippen LogP contribution in [-0.2, 0) is 9.53 Å². The van der Waals surface area contributed by atoms with Gasteiger partial charge in [-0.1, -0.05) is 90.6 Å². The Bertz CT molecular complexity index is 962. The van der Waals surface area contributed by atoms with E-state index in [0.29, 0.717) is 24.9 Å². The van der Waals surface area contributed by atoms with E-state index in [1.54, 1.807) is 18.7 Å². The van der Waals surface area contributed by atoms with Gasteiger partial charge in [0, 0.05) is 10.1 Å². The molecule has 0 spiro atoms. The smallest absolute Gasteiger partial charge is 0.293 e. The summed E-state index contributed by atoms with van der Waals surface area (Å²) in [6, 6.07) is 12.8. The molecule has 0 fully saturated rings. The number of hydrogen-bond acceptors (Lipinski definition) is 6. The Balaban J connectivity index is 0.000000605. The fraction of sp³-hybridized carbons (Fsp3) is 0.458. The Morgan fingerprint density at radius 1 is 1.10 bits per heavy atom. The quantitative estimate of drug-likeness (QED) is 0.371. The zero-order chi connectivity index (χ0) is 23.6. The molecule has 1 aromatic heterocycles. The number of aromatic nitrogens is 3. The molecule has 0 saturated carbocycles. The lowest BCUT2D eigenvalue weighted by molar-refractivity contribution is -0.128. The van der Waals surface area contributed by atoms with Crippen LogP contribution in [0.25, 0.3) is 16.5 Å². The highest BCUT2D eigenvalue weighted by molar-refractivity contribution is 8.00. The van der Waals surface area contributed by atoms with Gasteiger partial charge in [-0.3, -0.25) is 9.36 Å². The minimum absolute atomic E-state index is 0.0326. The van der Waals surface area contributed by atoms with Gasteiger partial charge in [-0.05, 0) is 29.9 Å². The third kappa shape index (κ3) is 7.28. The van der Waals surface area contributed by atoms with Gasteiger partial charge in [-0.25, -0.2) is 0 Å². The Labute approximate surface area is 190 Å². The molecule has 6 nitrogen and oxygen atoms in total. The Hall–Kier alpha value is -2.54. The average molecular weight is 445 g/mol. The number of anilines is 1. The first-order valence-electron chi connectivity index (χ1n) is 10.7. The summed E-state index contributed by atoms with van der Waals surface area (Å²) in [7, 11) is 0. The van der Waals surface area contributed by atoms with Gasteiger partial charge < -0.3 is 10.5 Å². The molecule has 7 heteroatoms. The van der Waals surface area contributed by atoms with Gasteiger partial charge in [0.15, 0.2) is 5.16 Å². The summed E-state index contributed by atoms with van der Waals surface area (Å²) in [6.07, 6.45) is 0. The average Bonchev–Trinajstić information content (AvgIpc) is 3.07. The van der Waals surface area contributed by atoms with Crippen LogP contribution in [0.15, 0.2) is 41.6 Å². The van der Waals surface area contributed by atoms with Crippen molar-refractivity contribution in [3.05, 3.63) is 42.0 Å². The van der Waals surface area contributed by atoms with Gasteiger partial charge in [-0.15, -0.1) is 10.2 Å². The van der Waals surface area contributed by atoms with E-state index in [0.717, 1.165) is 10.8 Å². The zero-order valence-corrected chi connectivity index (χ0v) is 20.8. The number of rotatable bonds is 5. The fourth-order valence-electron chi connectivity index (χ4n) is 2.92. The van der Waals surface area contributed by atoms with Crippen molar-refractivity contribution < 1.29 is 9.53 Å². The summed E-state index contributed by atoms with van der Waals surface area (Å²) >= 11 is 1.67. The lowest BCUT2D eigenvalue weighted by Gasteiger charge is -2.19. The highest BCUT2D eigenvalue weighted by Gasteiger charge is 2.21. The minimum atomic E-state index is 0.0326. The molecule has 31 heavy (non-hydrogen) atoms. The topological polar surface area (TPSA) is 83.0 Å². The normalized spacial score (nSPS) is 10.7. The van der Waals surface area contributed by atoms with Gasteiger partial charge in [-0.2, -0.15) is 0 Å². The van der Waals surface area contributed by atoms with Gasteiger partial charge in [0.2, 0.25) is 5.95 Å². The van der Waals surface area contributed by atoms with Crippen LogP contribution in [0.5, 0.6) is 0 Å². The third-order valence-electron chi connectivity index (χ3n) is 4.09. The van der Waals surface area contributed by atoms with E-state index < -0.39 is 0 Å². The molecule has 0 atom stereocenters. The standard InChI is InChI=1S/C19H24N4S.C3H6O2.C2H6/c1-12(2)13-10-11-16(15-9-7-6-8-14(13)15)23-17(20)21-22-18(23)24-19(3,4)5;1-2-5-3-4;1-2/h6-12H,1-5H3,(H2,20,21);3H,2H2,1H3;1-2H3. The van der Waals surface area contributed by atoms with Crippen molar-refractivity contribution >= 4 is 35.0 Å². The lowest BCUT2D eigenvalue weighted by atomic mass is 9.95. The second-order valence-electron chi connectivity index (χ2n) is 7.82. The van der Waals surface area contributed by atoms with Crippen LogP contribution in [0, 0.1) is 0 Å². The van der Waals surface area contributed by atoms with E-state index in [1.807, 2.05) is 18.4 Å². The summed E-state index contributed by atoms with van der Waals surface area (Å²) < 4.78 is 6.15. The van der Waals surface area contributed by atoms with Crippen molar-refractivity contribution in [2.24, 2.45) is 0 Å². The molecular weight excluding hydrogens is 408 g/mol. The number of nitrogen functional groups attached to an aromatic ring is 1. The number of thioether (sulfide) groups is 1. The molecule has 1 heterocycles. The number of carbonyl (C=O) groups is 1. The second-order valence-corrected chi connectivity index (χ2v) is 9.61. The Morgan fingerprint density at radius 3 is 2.19 bits per heavy atom. The summed E-state index contributed by atoms with van der Waals surface area (Å²) in [6.45, 7) is 17.6. The maximum Gasteiger partial charge on any atom is 0.293 e. The Kier molecular flexibility index (Phi) is 10.6. The van der Waals surface area contributed by atoms with Crippen molar-refractivity contribution in [1.82, 2.24) is 14.8 Å². The summed E-state index contributed by atoms with van der Waals surface area (Å²) in [5, 5.41) is 11.7. The maximum atomic E-state index is 9.18. The van der Waals surface area contributed by atoms with E-state index in [9.17, 15) is 4.79 Å². The SMILES string of the molecule is CC.CC(C)c1ccc(-n2c(N)nnc2SC(C)(C)C)c2ccccc12.CCOC=O. The molecule has 0 aliphatic heterocycles. The van der Waals surface area contributed by atoms with Crippen LogP contribution in [0.4, 0.5) is 5.95 Å². The lowest BCUT2D eigenvalue weighted by Crippen LogP contribution is -2.11. The molecule has 2 aromatic carbocycles. The number of carbonyl (C=O) groups excluding carboxylic acids is 1. The monoisotopic (exact) mass is 444 g/mol. The van der Waals surface area contributed by atoms with Gasteiger partial charge in [0.05, 0.1) is 12.3 Å². The molecule has 0 bridgehead atoms. The number of nitrogens with zero attached hydrogens (tertiary/aromatic N) is 3. The van der Waals surface area contributed by atoms with E-state index >= 15 is 0 Å². The first kappa shape index (κ1) is 26.5. The van der Waals surface area contributed by atoms with Crippen LogP contribution in [0.2, 0.25) is 0 Å². The van der Waals surface area contributed by atoms with Crippen molar-refractivity contribution in [2.45, 2.75) is 71.2 Å². The van der Waals surface area contributed by atoms with Gasteiger partial charge in [0.1, 0.15) is 0 Å². The van der Waals surface area contributed by atoms with Crippen molar-refractivity contribution in [1.29, 1.82) is 0 Å². The second kappa shape index (κ2) is 12.3. The summed E-state index contributed by atoms with van der Waals surface area (Å²) in [4.78, 5) is 9.18. The van der Waals surface area contributed by atoms with E-state index in [4.69, 9.17) is 5.73 Å². The highest BCUT2D eigenvalue weighted by Crippen LogP contribution is 2.36. The van der Waals surface area contributed by atoms with Gasteiger partial charge >= 0.3 is 0 Å². The van der Waals surface area contributed by atoms with Crippen LogP contribution in [0.3, 0.4) is 0 Å². The predicted molar refractivity (Wildman–Crippen MR) is 132 cm³/mol. The fourth-order valence-corrected chi connectivity index (χ4v) is 3.83. The predicted octanol–water partition coefficient (Wildman–Crippen LogP) is 6.22. The largest absolute Gasteiger partial charge is 0.468 e. The maximum absolute atomic E-state index is 9.18. The molecule has 0 radical (unpaired) electrons. The molecule has 0 unspecified atom stereocenters. The molecule has 3 aromatic rings. The van der Waals surface area contributed by atoms with Crippen molar-refractivity contribution in [3.63, 3.8) is 0 Å². The molecule has 0 aliphatic rings. The van der Waals surface area contributed by atoms with E-state index in [1.165, 1.54) is 16.3 Å². The third-order valence-corrected chi connectivity index (χ3v) is 5.15. The summed E-state index contributed by atoms with van der Waals surface area (Å²) in [5.74, 6) is 0.884. The van der Waals surface area contributed by atoms with Crippen molar-refractivity contribution in [2.75, 3.05) is 12.3 Å². The molecular formula is C24H36N4O2S. The minimum Gasteiger partial charge on any atom is -0.468 e. The van der Waals surface area contributed by atoms with Crippen LogP contribution in [0.1, 0.15) is 66.9 Å². The molecule has 3 rings (SSSR count). The van der Waals surface area contributed by atoms with Crippen LogP contribution >= 0.6 is 11.8 Å². The number of hydrogen-bond donors (Lipinski definition) is 1. The van der Waals surface area contributed by atoms with Crippen LogP contribution < -0.4 is 5.73 Å². The molecule has 0 amide bonds. The number of nitrogens with two attached hydrogens (primary N) is 1. The first-order valence-corrected chi connectivity index (χ1v) is 11.5. The number of fused-ring (bicyclic) bond motifs is 1. The number of ether oxygens (including phenoxy) is 1. The number of benzene rings is 2.